The molecule has 1 aliphatic heterocycles. The van der Waals surface area contributed by atoms with Gasteiger partial charge in [-0.15, -0.1) is 0 Å². The third-order valence-corrected chi connectivity index (χ3v) is 6.64. The normalized spacial score (nSPS) is 14.8. The number of carbonyl (C=O) groups is 1. The smallest absolute Gasteiger partial charge is 0.251 e. The lowest BCUT2D eigenvalue weighted by atomic mass is 10.1. The van der Waals surface area contributed by atoms with Gasteiger partial charge in [0.1, 0.15) is 18.2 Å². The van der Waals surface area contributed by atoms with E-state index in [0.717, 1.165) is 12.8 Å². The van der Waals surface area contributed by atoms with Crippen LogP contribution < -0.4 is 10.1 Å². The van der Waals surface area contributed by atoms with E-state index in [1.165, 1.54) is 34.6 Å². The standard InChI is InChI=1S/C20H23FN2O4S/c1-15-4-5-16(14-19(15)28(25,26)23-11-2-3-12-23)20(24)22-10-13-27-18-8-6-17(21)7-9-18/h4-9,14H,2-3,10-13H2,1H3,(H,22,24). The van der Waals surface area contributed by atoms with E-state index < -0.39 is 10.0 Å². The summed E-state index contributed by atoms with van der Waals surface area (Å²) >= 11 is 0. The van der Waals surface area contributed by atoms with E-state index in [1.807, 2.05) is 0 Å². The number of rotatable bonds is 7. The van der Waals surface area contributed by atoms with Gasteiger partial charge in [-0.3, -0.25) is 4.79 Å². The molecule has 150 valence electrons. The monoisotopic (exact) mass is 406 g/mol. The molecule has 2 aromatic carbocycles. The summed E-state index contributed by atoms with van der Waals surface area (Å²) in [6, 6.07) is 10.3. The fraction of sp³-hybridized carbons (Fsp3) is 0.350. The molecule has 8 heteroatoms. The number of sulfonamides is 1. The molecule has 0 radical (unpaired) electrons. The number of hydrogen-bond donors (Lipinski definition) is 1. The molecule has 1 heterocycles. The fourth-order valence-corrected chi connectivity index (χ4v) is 4.82. The van der Waals surface area contributed by atoms with E-state index in [0.29, 0.717) is 24.4 Å². The molecule has 0 atom stereocenters. The Morgan fingerprint density at radius 2 is 1.82 bits per heavy atom. The first-order chi connectivity index (χ1) is 13.4. The zero-order chi connectivity index (χ0) is 20.1. The molecule has 6 nitrogen and oxygen atoms in total. The molecule has 0 bridgehead atoms. The number of ether oxygens (including phenoxy) is 1. The molecular formula is C20H23FN2O4S. The Morgan fingerprint density at radius 1 is 1.14 bits per heavy atom. The number of amides is 1. The maximum absolute atomic E-state index is 12.9. The molecule has 1 amide bonds. The average molecular weight is 406 g/mol. The molecule has 0 unspecified atom stereocenters. The van der Waals surface area contributed by atoms with Crippen molar-refractivity contribution in [1.29, 1.82) is 0 Å². The van der Waals surface area contributed by atoms with E-state index >= 15 is 0 Å². The number of hydrogen-bond acceptors (Lipinski definition) is 4. The van der Waals surface area contributed by atoms with Gasteiger partial charge in [-0.25, -0.2) is 12.8 Å². The maximum atomic E-state index is 12.9. The van der Waals surface area contributed by atoms with Crippen LogP contribution >= 0.6 is 0 Å². The highest BCUT2D eigenvalue weighted by Crippen LogP contribution is 2.24. The second-order valence-corrected chi connectivity index (χ2v) is 8.56. The molecule has 0 aromatic heterocycles. The first-order valence-electron chi connectivity index (χ1n) is 9.15. The Hall–Kier alpha value is -2.45. The summed E-state index contributed by atoms with van der Waals surface area (Å²) in [4.78, 5) is 12.6. The molecular weight excluding hydrogens is 383 g/mol. The summed E-state index contributed by atoms with van der Waals surface area (Å²) in [5.74, 6) is -0.217. The summed E-state index contributed by atoms with van der Waals surface area (Å²) in [6.45, 7) is 3.19. The second kappa shape index (κ2) is 8.70. The summed E-state index contributed by atoms with van der Waals surface area (Å²) in [5, 5.41) is 2.70. The number of nitrogens with one attached hydrogen (secondary N) is 1. The van der Waals surface area contributed by atoms with Crippen LogP contribution in [-0.4, -0.2) is 44.9 Å². The van der Waals surface area contributed by atoms with Crippen molar-refractivity contribution >= 4 is 15.9 Å². The Kier molecular flexibility index (Phi) is 6.31. The van der Waals surface area contributed by atoms with Crippen LogP contribution in [0.4, 0.5) is 4.39 Å². The molecule has 1 fully saturated rings. The van der Waals surface area contributed by atoms with Gasteiger partial charge in [-0.05, 0) is 61.7 Å². The van der Waals surface area contributed by atoms with E-state index in [1.54, 1.807) is 19.1 Å². The summed E-state index contributed by atoms with van der Waals surface area (Å²) < 4.78 is 45.4. The van der Waals surface area contributed by atoms with Crippen LogP contribution in [0, 0.1) is 12.7 Å². The predicted octanol–water partition coefficient (Wildman–Crippen LogP) is 2.73. The van der Waals surface area contributed by atoms with Gasteiger partial charge in [0.15, 0.2) is 0 Å². The van der Waals surface area contributed by atoms with Gasteiger partial charge < -0.3 is 10.1 Å². The van der Waals surface area contributed by atoms with E-state index in [2.05, 4.69) is 5.32 Å². The van der Waals surface area contributed by atoms with Gasteiger partial charge in [-0.2, -0.15) is 4.31 Å². The van der Waals surface area contributed by atoms with Crippen LogP contribution in [0.25, 0.3) is 0 Å². The largest absolute Gasteiger partial charge is 0.492 e. The highest BCUT2D eigenvalue weighted by molar-refractivity contribution is 7.89. The van der Waals surface area contributed by atoms with Gasteiger partial charge in [0.05, 0.1) is 11.4 Å². The topological polar surface area (TPSA) is 75.7 Å². The number of carbonyl (C=O) groups excluding carboxylic acids is 1. The SMILES string of the molecule is Cc1ccc(C(=O)NCCOc2ccc(F)cc2)cc1S(=O)(=O)N1CCCC1. The van der Waals surface area contributed by atoms with E-state index in [-0.39, 0.29) is 35.3 Å². The molecule has 0 spiro atoms. The average Bonchev–Trinajstić information content (AvgIpc) is 3.22. The Bertz CT molecular complexity index is 939. The highest BCUT2D eigenvalue weighted by atomic mass is 32.2. The lowest BCUT2D eigenvalue weighted by Gasteiger charge is -2.18. The third kappa shape index (κ3) is 4.69. The van der Waals surface area contributed by atoms with Crippen LogP contribution in [0.2, 0.25) is 0 Å². The van der Waals surface area contributed by atoms with E-state index in [4.69, 9.17) is 4.74 Å². The molecule has 1 N–H and O–H groups in total. The van der Waals surface area contributed by atoms with Gasteiger partial charge in [-0.1, -0.05) is 6.07 Å². The zero-order valence-electron chi connectivity index (χ0n) is 15.7. The minimum atomic E-state index is -3.59. The van der Waals surface area contributed by atoms with Gasteiger partial charge in [0.25, 0.3) is 5.91 Å². The van der Waals surface area contributed by atoms with Crippen molar-refractivity contribution in [2.45, 2.75) is 24.7 Å². The molecule has 1 saturated heterocycles. The van der Waals surface area contributed by atoms with Gasteiger partial charge in [0, 0.05) is 18.7 Å². The van der Waals surface area contributed by atoms with Crippen molar-refractivity contribution < 1.29 is 22.3 Å². The maximum Gasteiger partial charge on any atom is 0.251 e. The quantitative estimate of drug-likeness (QED) is 0.718. The van der Waals surface area contributed by atoms with E-state index in [9.17, 15) is 17.6 Å². The lowest BCUT2D eigenvalue weighted by Crippen LogP contribution is -2.30. The molecule has 0 aliphatic carbocycles. The highest BCUT2D eigenvalue weighted by Gasteiger charge is 2.29. The third-order valence-electron chi connectivity index (χ3n) is 4.60. The Labute approximate surface area is 164 Å². The molecule has 2 aromatic rings. The van der Waals surface area contributed by atoms with Crippen molar-refractivity contribution in [3.63, 3.8) is 0 Å². The van der Waals surface area contributed by atoms with Crippen molar-refractivity contribution in [1.82, 2.24) is 9.62 Å². The van der Waals surface area contributed by atoms with Crippen molar-refractivity contribution in [2.75, 3.05) is 26.2 Å². The van der Waals surface area contributed by atoms with Crippen LogP contribution in [0.5, 0.6) is 5.75 Å². The summed E-state index contributed by atoms with van der Waals surface area (Å²) in [6.07, 6.45) is 1.71. The lowest BCUT2D eigenvalue weighted by molar-refractivity contribution is 0.0947. The van der Waals surface area contributed by atoms with Gasteiger partial charge in [0.2, 0.25) is 10.0 Å². The summed E-state index contributed by atoms with van der Waals surface area (Å²) in [5.41, 5.74) is 0.897. The molecule has 0 saturated carbocycles. The number of halogens is 1. The van der Waals surface area contributed by atoms with Crippen molar-refractivity contribution in [3.05, 3.63) is 59.4 Å². The first-order valence-corrected chi connectivity index (χ1v) is 10.6. The summed E-state index contributed by atoms with van der Waals surface area (Å²) in [7, 11) is -3.59. The van der Waals surface area contributed by atoms with Crippen LogP contribution in [0.1, 0.15) is 28.8 Å². The first kappa shape index (κ1) is 20.3. The minimum Gasteiger partial charge on any atom is -0.492 e. The zero-order valence-corrected chi connectivity index (χ0v) is 16.5. The Morgan fingerprint density at radius 3 is 2.50 bits per heavy atom. The van der Waals surface area contributed by atoms with Crippen molar-refractivity contribution in [2.24, 2.45) is 0 Å². The predicted molar refractivity (Wildman–Crippen MR) is 103 cm³/mol. The number of benzene rings is 2. The number of nitrogens with zero attached hydrogens (tertiary/aromatic N) is 1. The molecule has 28 heavy (non-hydrogen) atoms. The molecule has 3 rings (SSSR count). The van der Waals surface area contributed by atoms with Crippen LogP contribution in [-0.2, 0) is 10.0 Å². The van der Waals surface area contributed by atoms with Crippen LogP contribution in [0.3, 0.4) is 0 Å². The Balaban J connectivity index is 1.61. The number of aryl methyl sites for hydroxylation is 1. The van der Waals surface area contributed by atoms with Crippen molar-refractivity contribution in [3.8, 4) is 5.75 Å². The van der Waals surface area contributed by atoms with Crippen LogP contribution in [0.15, 0.2) is 47.4 Å². The minimum absolute atomic E-state index is 0.171. The second-order valence-electron chi connectivity index (χ2n) is 6.65. The van der Waals surface area contributed by atoms with Gasteiger partial charge >= 0.3 is 0 Å². The molecule has 1 aliphatic rings. The fourth-order valence-electron chi connectivity index (χ4n) is 3.05.